The Labute approximate surface area is 130 Å². The molecule has 1 aromatic rings. The molecule has 2 unspecified atom stereocenters. The van der Waals surface area contributed by atoms with E-state index in [9.17, 15) is 0 Å². The van der Waals surface area contributed by atoms with Gasteiger partial charge in [0.25, 0.3) is 0 Å². The highest BCUT2D eigenvalue weighted by molar-refractivity contribution is 5.25. The van der Waals surface area contributed by atoms with Crippen molar-refractivity contribution in [2.24, 2.45) is 11.3 Å². The van der Waals surface area contributed by atoms with E-state index >= 15 is 0 Å². The molecular formula is C19H32N2. The van der Waals surface area contributed by atoms with Crippen LogP contribution in [-0.4, -0.2) is 31.6 Å². The van der Waals surface area contributed by atoms with Crippen LogP contribution in [0, 0.1) is 11.3 Å². The van der Waals surface area contributed by atoms with Crippen LogP contribution in [-0.2, 0) is 6.42 Å². The van der Waals surface area contributed by atoms with Gasteiger partial charge in [-0.2, -0.15) is 0 Å². The van der Waals surface area contributed by atoms with Crippen LogP contribution in [0.3, 0.4) is 0 Å². The number of rotatable bonds is 5. The highest BCUT2D eigenvalue weighted by Gasteiger charge is 2.32. The second-order valence-corrected chi connectivity index (χ2v) is 7.55. The second kappa shape index (κ2) is 6.93. The van der Waals surface area contributed by atoms with Crippen molar-refractivity contribution in [2.75, 3.05) is 26.7 Å². The van der Waals surface area contributed by atoms with Crippen LogP contribution in [0.25, 0.3) is 0 Å². The van der Waals surface area contributed by atoms with E-state index in [1.165, 1.54) is 30.6 Å². The molecule has 118 valence electrons. The largest absolute Gasteiger partial charge is 0.312 e. The summed E-state index contributed by atoms with van der Waals surface area (Å²) < 4.78 is 0. The van der Waals surface area contributed by atoms with E-state index in [1.54, 1.807) is 0 Å². The smallest absolute Gasteiger partial charge is 0.0446 e. The highest BCUT2D eigenvalue weighted by Crippen LogP contribution is 2.34. The van der Waals surface area contributed by atoms with Gasteiger partial charge in [-0.3, -0.25) is 0 Å². The SMILES string of the molecule is CCc1ccc(C(CN2CCC(C(C)(C)C)C2)NC)cc1. The molecule has 0 radical (unpaired) electrons. The van der Waals surface area contributed by atoms with E-state index in [1.807, 2.05) is 0 Å². The zero-order valence-electron chi connectivity index (χ0n) is 14.4. The standard InChI is InChI=1S/C19H32N2/c1-6-15-7-9-16(10-8-15)18(20-5)14-21-12-11-17(13-21)19(2,3)4/h7-10,17-18,20H,6,11-14H2,1-5H3. The number of benzene rings is 1. The molecule has 1 fully saturated rings. The number of hydrogen-bond donors (Lipinski definition) is 1. The minimum absolute atomic E-state index is 0.437. The Morgan fingerprint density at radius 3 is 2.38 bits per heavy atom. The summed E-state index contributed by atoms with van der Waals surface area (Å²) in [5.41, 5.74) is 3.27. The summed E-state index contributed by atoms with van der Waals surface area (Å²) in [6.07, 6.45) is 2.46. The lowest BCUT2D eigenvalue weighted by atomic mass is 9.80. The quantitative estimate of drug-likeness (QED) is 0.884. The first-order chi connectivity index (χ1) is 9.94. The average molecular weight is 288 g/mol. The fourth-order valence-electron chi connectivity index (χ4n) is 3.31. The molecule has 1 aliphatic rings. The number of likely N-dealkylation sites (N-methyl/N-ethyl adjacent to an activating group) is 1. The van der Waals surface area contributed by atoms with Crippen molar-refractivity contribution in [3.63, 3.8) is 0 Å². The Hall–Kier alpha value is -0.860. The van der Waals surface area contributed by atoms with Crippen LogP contribution < -0.4 is 5.32 Å². The van der Waals surface area contributed by atoms with Crippen LogP contribution in [0.4, 0.5) is 0 Å². The molecule has 1 saturated heterocycles. The Morgan fingerprint density at radius 1 is 1.24 bits per heavy atom. The normalized spacial score (nSPS) is 21.7. The van der Waals surface area contributed by atoms with Crippen molar-refractivity contribution < 1.29 is 0 Å². The van der Waals surface area contributed by atoms with Crippen molar-refractivity contribution in [1.82, 2.24) is 10.2 Å². The van der Waals surface area contributed by atoms with Gasteiger partial charge in [-0.25, -0.2) is 0 Å². The van der Waals surface area contributed by atoms with Gasteiger partial charge >= 0.3 is 0 Å². The molecule has 2 atom stereocenters. The van der Waals surface area contributed by atoms with Gasteiger partial charge in [0.05, 0.1) is 0 Å². The molecule has 0 aliphatic carbocycles. The molecular weight excluding hydrogens is 256 g/mol. The Bertz CT molecular complexity index is 430. The summed E-state index contributed by atoms with van der Waals surface area (Å²) in [5.74, 6) is 0.831. The van der Waals surface area contributed by atoms with Crippen molar-refractivity contribution in [3.05, 3.63) is 35.4 Å². The van der Waals surface area contributed by atoms with E-state index in [2.05, 4.69) is 69.2 Å². The second-order valence-electron chi connectivity index (χ2n) is 7.55. The summed E-state index contributed by atoms with van der Waals surface area (Å²) in [5, 5.41) is 3.49. The van der Waals surface area contributed by atoms with Gasteiger partial charge < -0.3 is 10.2 Å². The van der Waals surface area contributed by atoms with Crippen LogP contribution in [0.1, 0.15) is 51.3 Å². The van der Waals surface area contributed by atoms with E-state index in [4.69, 9.17) is 0 Å². The van der Waals surface area contributed by atoms with Gasteiger partial charge in [0, 0.05) is 19.1 Å². The van der Waals surface area contributed by atoms with Gasteiger partial charge in [0.1, 0.15) is 0 Å². The number of likely N-dealkylation sites (tertiary alicyclic amines) is 1. The molecule has 0 amide bonds. The van der Waals surface area contributed by atoms with Gasteiger partial charge in [-0.05, 0) is 48.9 Å². The first kappa shape index (κ1) is 16.5. The first-order valence-corrected chi connectivity index (χ1v) is 8.42. The highest BCUT2D eigenvalue weighted by atomic mass is 15.2. The summed E-state index contributed by atoms with van der Waals surface area (Å²) in [6, 6.07) is 9.55. The van der Waals surface area contributed by atoms with E-state index in [0.717, 1.165) is 18.9 Å². The minimum atomic E-state index is 0.437. The van der Waals surface area contributed by atoms with Crippen LogP contribution in [0.15, 0.2) is 24.3 Å². The van der Waals surface area contributed by atoms with Crippen LogP contribution >= 0.6 is 0 Å². The molecule has 0 spiro atoms. The molecule has 1 N–H and O–H groups in total. The zero-order valence-corrected chi connectivity index (χ0v) is 14.4. The zero-order chi connectivity index (χ0) is 15.5. The lowest BCUT2D eigenvalue weighted by Gasteiger charge is -2.28. The lowest BCUT2D eigenvalue weighted by Crippen LogP contribution is -2.33. The van der Waals surface area contributed by atoms with Crippen molar-refractivity contribution in [1.29, 1.82) is 0 Å². The maximum Gasteiger partial charge on any atom is 0.0446 e. The summed E-state index contributed by atoms with van der Waals surface area (Å²) in [4.78, 5) is 2.63. The predicted octanol–water partition coefficient (Wildman–Crippen LogP) is 3.88. The average Bonchev–Trinajstić information content (AvgIpc) is 2.93. The number of hydrogen-bond acceptors (Lipinski definition) is 2. The van der Waals surface area contributed by atoms with Crippen molar-refractivity contribution >= 4 is 0 Å². The Morgan fingerprint density at radius 2 is 1.90 bits per heavy atom. The maximum absolute atomic E-state index is 3.49. The maximum atomic E-state index is 3.49. The van der Waals surface area contributed by atoms with E-state index in [0.29, 0.717) is 11.5 Å². The number of nitrogens with one attached hydrogen (secondary N) is 1. The molecule has 2 nitrogen and oxygen atoms in total. The van der Waals surface area contributed by atoms with Gasteiger partial charge in [0.2, 0.25) is 0 Å². The lowest BCUT2D eigenvalue weighted by molar-refractivity contribution is 0.221. The molecule has 0 bridgehead atoms. The van der Waals surface area contributed by atoms with Crippen LogP contribution in [0.2, 0.25) is 0 Å². The molecule has 1 heterocycles. The van der Waals surface area contributed by atoms with Crippen molar-refractivity contribution in [3.8, 4) is 0 Å². The minimum Gasteiger partial charge on any atom is -0.312 e. The molecule has 1 aliphatic heterocycles. The summed E-state index contributed by atoms with van der Waals surface area (Å²) in [7, 11) is 2.08. The molecule has 1 aromatic carbocycles. The Balaban J connectivity index is 1.96. The predicted molar refractivity (Wildman–Crippen MR) is 91.6 cm³/mol. The fourth-order valence-corrected chi connectivity index (χ4v) is 3.31. The molecule has 21 heavy (non-hydrogen) atoms. The monoisotopic (exact) mass is 288 g/mol. The van der Waals surface area contributed by atoms with Gasteiger partial charge in [-0.1, -0.05) is 52.0 Å². The third-order valence-corrected chi connectivity index (χ3v) is 5.08. The van der Waals surface area contributed by atoms with E-state index < -0.39 is 0 Å². The third-order valence-electron chi connectivity index (χ3n) is 5.08. The van der Waals surface area contributed by atoms with Crippen LogP contribution in [0.5, 0.6) is 0 Å². The number of aryl methyl sites for hydroxylation is 1. The molecule has 2 heteroatoms. The Kier molecular flexibility index (Phi) is 5.45. The van der Waals surface area contributed by atoms with Crippen molar-refractivity contribution in [2.45, 2.75) is 46.6 Å². The third kappa shape index (κ3) is 4.31. The summed E-state index contributed by atoms with van der Waals surface area (Å²) >= 11 is 0. The molecule has 0 aromatic heterocycles. The van der Waals surface area contributed by atoms with Gasteiger partial charge in [-0.15, -0.1) is 0 Å². The first-order valence-electron chi connectivity index (χ1n) is 8.42. The van der Waals surface area contributed by atoms with E-state index in [-0.39, 0.29) is 0 Å². The number of nitrogens with zero attached hydrogens (tertiary/aromatic N) is 1. The van der Waals surface area contributed by atoms with Gasteiger partial charge in [0.15, 0.2) is 0 Å². The fraction of sp³-hybridized carbons (Fsp3) is 0.684. The topological polar surface area (TPSA) is 15.3 Å². The molecule has 2 rings (SSSR count). The summed E-state index contributed by atoms with van der Waals surface area (Å²) in [6.45, 7) is 12.9. The molecule has 0 saturated carbocycles.